The Bertz CT molecular complexity index is 355. The molecular formula is C12H17ClN2S. The fourth-order valence-electron chi connectivity index (χ4n) is 1.34. The van der Waals surface area contributed by atoms with Crippen LogP contribution in [0.15, 0.2) is 41.3 Å². The second kappa shape index (κ2) is 6.97. The van der Waals surface area contributed by atoms with E-state index in [1.165, 1.54) is 0 Å². The zero-order valence-corrected chi connectivity index (χ0v) is 10.9. The predicted molar refractivity (Wildman–Crippen MR) is 72.7 cm³/mol. The summed E-state index contributed by atoms with van der Waals surface area (Å²) in [6.07, 6.45) is 0.893. The lowest BCUT2D eigenvalue weighted by Gasteiger charge is -2.15. The van der Waals surface area contributed by atoms with Crippen LogP contribution in [-0.2, 0) is 0 Å². The highest BCUT2D eigenvalue weighted by Crippen LogP contribution is 2.23. The van der Waals surface area contributed by atoms with Gasteiger partial charge in [0.25, 0.3) is 0 Å². The predicted octanol–water partition coefficient (Wildman–Crippen LogP) is 3.23. The average molecular weight is 257 g/mol. The molecule has 4 heteroatoms. The molecule has 88 valence electrons. The van der Waals surface area contributed by atoms with Gasteiger partial charge in [-0.15, -0.1) is 18.3 Å². The molecule has 1 rings (SSSR count). The van der Waals surface area contributed by atoms with Crippen molar-refractivity contribution in [2.45, 2.75) is 24.3 Å². The molecule has 0 radical (unpaired) electrons. The van der Waals surface area contributed by atoms with Crippen LogP contribution in [0.3, 0.4) is 0 Å². The summed E-state index contributed by atoms with van der Waals surface area (Å²) >= 11 is 7.65. The molecule has 0 amide bonds. The van der Waals surface area contributed by atoms with Gasteiger partial charge in [-0.3, -0.25) is 11.3 Å². The lowest BCUT2D eigenvalue weighted by Crippen LogP contribution is -2.37. The molecule has 0 saturated carbocycles. The second-order valence-corrected chi connectivity index (χ2v) is 5.32. The highest BCUT2D eigenvalue weighted by molar-refractivity contribution is 7.99. The summed E-state index contributed by atoms with van der Waals surface area (Å²) in [6, 6.07) is 8.08. The topological polar surface area (TPSA) is 38.0 Å². The molecule has 1 unspecified atom stereocenters. The summed E-state index contributed by atoms with van der Waals surface area (Å²) in [5.41, 5.74) is 3.94. The first kappa shape index (κ1) is 13.6. The van der Waals surface area contributed by atoms with E-state index in [0.29, 0.717) is 0 Å². The summed E-state index contributed by atoms with van der Waals surface area (Å²) < 4.78 is 0. The van der Waals surface area contributed by atoms with Gasteiger partial charge in [0.2, 0.25) is 0 Å². The maximum absolute atomic E-state index is 5.91. The van der Waals surface area contributed by atoms with Gasteiger partial charge >= 0.3 is 0 Å². The van der Waals surface area contributed by atoms with E-state index in [1.54, 1.807) is 11.8 Å². The molecule has 0 aliphatic rings. The van der Waals surface area contributed by atoms with E-state index in [4.69, 9.17) is 17.4 Å². The van der Waals surface area contributed by atoms with Crippen molar-refractivity contribution in [3.63, 3.8) is 0 Å². The fraction of sp³-hybridized carbons (Fsp3) is 0.333. The van der Waals surface area contributed by atoms with Crippen molar-refractivity contribution in [3.05, 3.63) is 41.4 Å². The minimum absolute atomic E-state index is 0.251. The summed E-state index contributed by atoms with van der Waals surface area (Å²) in [6.45, 7) is 5.89. The largest absolute Gasteiger partial charge is 0.271 e. The Balaban J connectivity index is 2.46. The molecular weight excluding hydrogens is 240 g/mol. The number of nitrogens with one attached hydrogen (secondary N) is 1. The van der Waals surface area contributed by atoms with E-state index in [-0.39, 0.29) is 6.04 Å². The van der Waals surface area contributed by atoms with Gasteiger partial charge in [0.05, 0.1) is 0 Å². The van der Waals surface area contributed by atoms with Crippen molar-refractivity contribution in [3.8, 4) is 0 Å². The molecule has 0 fully saturated rings. The summed E-state index contributed by atoms with van der Waals surface area (Å²) in [7, 11) is 0. The molecule has 1 atom stereocenters. The summed E-state index contributed by atoms with van der Waals surface area (Å²) in [5.74, 6) is 6.39. The number of benzene rings is 1. The SMILES string of the molecule is C=C(C)CC(CSc1cccc(Cl)c1)NN. The van der Waals surface area contributed by atoms with E-state index >= 15 is 0 Å². The van der Waals surface area contributed by atoms with Gasteiger partial charge in [0.1, 0.15) is 0 Å². The first-order valence-corrected chi connectivity index (χ1v) is 6.47. The van der Waals surface area contributed by atoms with E-state index in [9.17, 15) is 0 Å². The van der Waals surface area contributed by atoms with Crippen molar-refractivity contribution in [2.75, 3.05) is 5.75 Å². The van der Waals surface area contributed by atoms with Crippen LogP contribution < -0.4 is 11.3 Å². The molecule has 16 heavy (non-hydrogen) atoms. The minimum atomic E-state index is 0.251. The highest BCUT2D eigenvalue weighted by atomic mass is 35.5. The number of hydrogen-bond acceptors (Lipinski definition) is 3. The van der Waals surface area contributed by atoms with Crippen LogP contribution in [0.5, 0.6) is 0 Å². The zero-order chi connectivity index (χ0) is 12.0. The highest BCUT2D eigenvalue weighted by Gasteiger charge is 2.07. The monoisotopic (exact) mass is 256 g/mol. The Kier molecular flexibility index (Phi) is 5.91. The van der Waals surface area contributed by atoms with Crippen molar-refractivity contribution in [1.82, 2.24) is 5.43 Å². The lowest BCUT2D eigenvalue weighted by atomic mass is 10.1. The maximum atomic E-state index is 5.91. The third-order valence-corrected chi connectivity index (χ3v) is 3.47. The van der Waals surface area contributed by atoms with Crippen molar-refractivity contribution < 1.29 is 0 Å². The van der Waals surface area contributed by atoms with E-state index in [0.717, 1.165) is 27.7 Å². The molecule has 0 bridgehead atoms. The van der Waals surface area contributed by atoms with Crippen LogP contribution in [0.2, 0.25) is 5.02 Å². The number of rotatable bonds is 6. The maximum Gasteiger partial charge on any atom is 0.0417 e. The van der Waals surface area contributed by atoms with Crippen LogP contribution in [-0.4, -0.2) is 11.8 Å². The number of hydrazine groups is 1. The Hall–Kier alpha value is -0.480. The Morgan fingerprint density at radius 3 is 2.94 bits per heavy atom. The average Bonchev–Trinajstić information content (AvgIpc) is 2.24. The van der Waals surface area contributed by atoms with Crippen molar-refractivity contribution in [2.24, 2.45) is 5.84 Å². The van der Waals surface area contributed by atoms with Crippen LogP contribution in [0.1, 0.15) is 13.3 Å². The molecule has 0 aromatic heterocycles. The number of nitrogens with two attached hydrogens (primary N) is 1. The Morgan fingerprint density at radius 2 is 2.38 bits per heavy atom. The molecule has 1 aromatic rings. The van der Waals surface area contributed by atoms with Gasteiger partial charge < -0.3 is 0 Å². The molecule has 3 N–H and O–H groups in total. The summed E-state index contributed by atoms with van der Waals surface area (Å²) in [5, 5.41) is 0.766. The first-order chi connectivity index (χ1) is 7.61. The standard InChI is InChI=1S/C12H17ClN2S/c1-9(2)6-11(15-14)8-16-12-5-3-4-10(13)7-12/h3-5,7,11,15H,1,6,8,14H2,2H3. The van der Waals surface area contributed by atoms with Gasteiger partial charge in [-0.1, -0.05) is 23.2 Å². The molecule has 0 aliphatic heterocycles. The molecule has 0 saturated heterocycles. The van der Waals surface area contributed by atoms with E-state index in [2.05, 4.69) is 12.0 Å². The van der Waals surface area contributed by atoms with Gasteiger partial charge in [-0.25, -0.2) is 0 Å². The molecule has 0 heterocycles. The van der Waals surface area contributed by atoms with Crippen LogP contribution in [0, 0.1) is 0 Å². The van der Waals surface area contributed by atoms with Crippen LogP contribution in [0.25, 0.3) is 0 Å². The summed E-state index contributed by atoms with van der Waals surface area (Å²) in [4.78, 5) is 1.16. The zero-order valence-electron chi connectivity index (χ0n) is 9.37. The molecule has 1 aromatic carbocycles. The normalized spacial score (nSPS) is 12.4. The molecule has 0 spiro atoms. The quantitative estimate of drug-likeness (QED) is 0.355. The number of thioether (sulfide) groups is 1. The smallest absolute Gasteiger partial charge is 0.0417 e. The Morgan fingerprint density at radius 1 is 1.62 bits per heavy atom. The Labute approximate surface area is 106 Å². The third-order valence-electron chi connectivity index (χ3n) is 2.08. The number of hydrogen-bond donors (Lipinski definition) is 2. The van der Waals surface area contributed by atoms with E-state index < -0.39 is 0 Å². The van der Waals surface area contributed by atoms with Crippen LogP contribution >= 0.6 is 23.4 Å². The number of halogens is 1. The van der Waals surface area contributed by atoms with E-state index in [1.807, 2.05) is 31.2 Å². The van der Waals surface area contributed by atoms with Crippen molar-refractivity contribution in [1.29, 1.82) is 0 Å². The minimum Gasteiger partial charge on any atom is -0.271 e. The fourth-order valence-corrected chi connectivity index (χ4v) is 2.59. The van der Waals surface area contributed by atoms with Gasteiger partial charge in [0, 0.05) is 21.7 Å². The molecule has 2 nitrogen and oxygen atoms in total. The van der Waals surface area contributed by atoms with Gasteiger partial charge in [-0.05, 0) is 31.5 Å². The third kappa shape index (κ3) is 5.03. The second-order valence-electron chi connectivity index (χ2n) is 3.79. The molecule has 0 aliphatic carbocycles. The lowest BCUT2D eigenvalue weighted by molar-refractivity contribution is 0.574. The van der Waals surface area contributed by atoms with Crippen LogP contribution in [0.4, 0.5) is 0 Å². The first-order valence-electron chi connectivity index (χ1n) is 5.10. The van der Waals surface area contributed by atoms with Crippen molar-refractivity contribution >= 4 is 23.4 Å². The van der Waals surface area contributed by atoms with Gasteiger partial charge in [0.15, 0.2) is 0 Å². The van der Waals surface area contributed by atoms with Gasteiger partial charge in [-0.2, -0.15) is 0 Å².